The van der Waals surface area contributed by atoms with Crippen molar-refractivity contribution in [2.24, 2.45) is 5.92 Å². The summed E-state index contributed by atoms with van der Waals surface area (Å²) in [5.74, 6) is 2.41. The molecular weight excluding hydrogens is 278 g/mol. The van der Waals surface area contributed by atoms with Crippen molar-refractivity contribution in [3.05, 3.63) is 23.8 Å². The third-order valence-corrected chi connectivity index (χ3v) is 3.76. The lowest BCUT2D eigenvalue weighted by Gasteiger charge is -2.07. The second kappa shape index (κ2) is 8.66. The van der Waals surface area contributed by atoms with E-state index in [1.165, 1.54) is 5.56 Å². The van der Waals surface area contributed by atoms with E-state index in [0.717, 1.165) is 50.1 Å². The van der Waals surface area contributed by atoms with E-state index >= 15 is 0 Å². The maximum Gasteiger partial charge on any atom is 0.231 e. The van der Waals surface area contributed by atoms with E-state index in [4.69, 9.17) is 9.47 Å². The van der Waals surface area contributed by atoms with Gasteiger partial charge in [-0.25, -0.2) is 0 Å². The van der Waals surface area contributed by atoms with E-state index in [1.54, 1.807) is 0 Å². The Morgan fingerprint density at radius 3 is 2.73 bits per heavy atom. The van der Waals surface area contributed by atoms with Gasteiger partial charge in [0.2, 0.25) is 12.7 Å². The van der Waals surface area contributed by atoms with Gasteiger partial charge >= 0.3 is 0 Å². The number of nitrogens with one attached hydrogen (secondary N) is 1. The van der Waals surface area contributed by atoms with Crippen LogP contribution in [-0.4, -0.2) is 19.2 Å². The Kier molecular flexibility index (Phi) is 6.56. The molecule has 0 bridgehead atoms. The summed E-state index contributed by atoms with van der Waals surface area (Å²) in [5, 5.41) is 2.96. The lowest BCUT2D eigenvalue weighted by Crippen LogP contribution is -2.26. The Morgan fingerprint density at radius 1 is 1.14 bits per heavy atom. The summed E-state index contributed by atoms with van der Waals surface area (Å²) in [5.41, 5.74) is 1.29. The molecule has 0 unspecified atom stereocenters. The summed E-state index contributed by atoms with van der Waals surface area (Å²) in [6.45, 7) is 5.33. The molecule has 122 valence electrons. The third kappa shape index (κ3) is 5.58. The number of carbonyl (C=O) groups is 1. The highest BCUT2D eigenvalue weighted by atomic mass is 16.7. The first-order valence-corrected chi connectivity index (χ1v) is 8.30. The van der Waals surface area contributed by atoms with E-state index < -0.39 is 0 Å². The van der Waals surface area contributed by atoms with Gasteiger partial charge in [0, 0.05) is 13.0 Å². The molecule has 1 heterocycles. The van der Waals surface area contributed by atoms with Crippen LogP contribution in [0.2, 0.25) is 0 Å². The molecule has 22 heavy (non-hydrogen) atoms. The van der Waals surface area contributed by atoms with Crippen molar-refractivity contribution in [3.63, 3.8) is 0 Å². The molecular formula is C18H27NO3. The highest BCUT2D eigenvalue weighted by Crippen LogP contribution is 2.32. The molecule has 4 nitrogen and oxygen atoms in total. The molecule has 2 rings (SSSR count). The summed E-state index contributed by atoms with van der Waals surface area (Å²) in [7, 11) is 0. The van der Waals surface area contributed by atoms with E-state index in [9.17, 15) is 4.79 Å². The van der Waals surface area contributed by atoms with Crippen LogP contribution < -0.4 is 14.8 Å². The molecule has 0 aromatic heterocycles. The molecule has 1 aromatic carbocycles. The van der Waals surface area contributed by atoms with Crippen molar-refractivity contribution in [2.75, 3.05) is 13.3 Å². The maximum atomic E-state index is 11.6. The normalized spacial score (nSPS) is 12.7. The van der Waals surface area contributed by atoms with Gasteiger partial charge in [0.1, 0.15) is 0 Å². The molecule has 1 aliphatic rings. The third-order valence-electron chi connectivity index (χ3n) is 3.76. The molecule has 1 aliphatic heterocycles. The molecule has 1 N–H and O–H groups in total. The predicted octanol–water partition coefficient (Wildman–Crippen LogP) is 3.68. The van der Waals surface area contributed by atoms with Gasteiger partial charge in [0.25, 0.3) is 0 Å². The Labute approximate surface area is 133 Å². The second-order valence-corrected chi connectivity index (χ2v) is 6.30. The molecule has 1 amide bonds. The molecule has 0 spiro atoms. The van der Waals surface area contributed by atoms with E-state index in [2.05, 4.69) is 31.3 Å². The van der Waals surface area contributed by atoms with Crippen molar-refractivity contribution < 1.29 is 14.3 Å². The number of aryl methyl sites for hydroxylation is 1. The Morgan fingerprint density at radius 2 is 1.91 bits per heavy atom. The van der Waals surface area contributed by atoms with Gasteiger partial charge in [-0.3, -0.25) is 4.79 Å². The van der Waals surface area contributed by atoms with Gasteiger partial charge in [-0.1, -0.05) is 32.8 Å². The lowest BCUT2D eigenvalue weighted by molar-refractivity contribution is -0.121. The minimum atomic E-state index is 0.185. The standard InChI is InChI=1S/C18H27NO3/c1-14(2)12-19-18(20)8-6-4-3-5-7-15-9-10-16-17(11-15)22-13-21-16/h9-11,14H,3-8,12-13H2,1-2H3,(H,19,20). The summed E-state index contributed by atoms with van der Waals surface area (Å²) in [6.07, 6.45) is 6.09. The fourth-order valence-corrected chi connectivity index (χ4v) is 2.47. The number of unbranched alkanes of at least 4 members (excludes halogenated alkanes) is 3. The van der Waals surface area contributed by atoms with Gasteiger partial charge in [-0.15, -0.1) is 0 Å². The van der Waals surface area contributed by atoms with E-state index in [-0.39, 0.29) is 5.91 Å². The number of hydrogen-bond acceptors (Lipinski definition) is 3. The maximum absolute atomic E-state index is 11.6. The van der Waals surface area contributed by atoms with Crippen molar-refractivity contribution in [1.29, 1.82) is 0 Å². The average Bonchev–Trinajstić information content (AvgIpc) is 2.96. The van der Waals surface area contributed by atoms with Crippen LogP contribution in [0.5, 0.6) is 11.5 Å². The summed E-state index contributed by atoms with van der Waals surface area (Å²) >= 11 is 0. The van der Waals surface area contributed by atoms with Gasteiger partial charge in [-0.2, -0.15) is 0 Å². The second-order valence-electron chi connectivity index (χ2n) is 6.30. The molecule has 0 radical (unpaired) electrons. The van der Waals surface area contributed by atoms with Crippen LogP contribution in [0, 0.1) is 5.92 Å². The number of amides is 1. The zero-order chi connectivity index (χ0) is 15.8. The Balaban J connectivity index is 1.53. The van der Waals surface area contributed by atoms with Crippen LogP contribution in [0.1, 0.15) is 51.5 Å². The number of benzene rings is 1. The van der Waals surface area contributed by atoms with Crippen LogP contribution in [0.3, 0.4) is 0 Å². The summed E-state index contributed by atoms with van der Waals surface area (Å²) < 4.78 is 10.7. The average molecular weight is 305 g/mol. The van der Waals surface area contributed by atoms with Crippen LogP contribution in [-0.2, 0) is 11.2 Å². The quantitative estimate of drug-likeness (QED) is 0.708. The largest absolute Gasteiger partial charge is 0.454 e. The smallest absolute Gasteiger partial charge is 0.231 e. The highest BCUT2D eigenvalue weighted by Gasteiger charge is 2.12. The summed E-state index contributed by atoms with van der Waals surface area (Å²) in [6, 6.07) is 6.16. The number of carbonyl (C=O) groups excluding carboxylic acids is 1. The first kappa shape index (κ1) is 16.7. The first-order valence-electron chi connectivity index (χ1n) is 8.30. The Bertz CT molecular complexity index is 485. The van der Waals surface area contributed by atoms with Crippen molar-refractivity contribution >= 4 is 5.91 Å². The minimum absolute atomic E-state index is 0.185. The number of ether oxygens (including phenoxy) is 2. The van der Waals surface area contributed by atoms with E-state index in [0.29, 0.717) is 19.1 Å². The fraction of sp³-hybridized carbons (Fsp3) is 0.611. The molecule has 4 heteroatoms. The highest BCUT2D eigenvalue weighted by molar-refractivity contribution is 5.75. The molecule has 0 aliphatic carbocycles. The van der Waals surface area contributed by atoms with Gasteiger partial charge < -0.3 is 14.8 Å². The molecule has 0 fully saturated rings. The topological polar surface area (TPSA) is 47.6 Å². The van der Waals surface area contributed by atoms with Crippen LogP contribution >= 0.6 is 0 Å². The molecule has 1 aromatic rings. The van der Waals surface area contributed by atoms with E-state index in [1.807, 2.05) is 6.07 Å². The molecule has 0 atom stereocenters. The van der Waals surface area contributed by atoms with Crippen LogP contribution in [0.4, 0.5) is 0 Å². The van der Waals surface area contributed by atoms with Crippen LogP contribution in [0.15, 0.2) is 18.2 Å². The van der Waals surface area contributed by atoms with Gasteiger partial charge in [-0.05, 0) is 42.9 Å². The molecule has 0 saturated heterocycles. The van der Waals surface area contributed by atoms with Crippen molar-refractivity contribution in [1.82, 2.24) is 5.32 Å². The number of fused-ring (bicyclic) bond motifs is 1. The Hall–Kier alpha value is -1.71. The van der Waals surface area contributed by atoms with Crippen LogP contribution in [0.25, 0.3) is 0 Å². The fourth-order valence-electron chi connectivity index (χ4n) is 2.47. The number of rotatable bonds is 9. The predicted molar refractivity (Wildman–Crippen MR) is 87.2 cm³/mol. The zero-order valence-corrected chi connectivity index (χ0v) is 13.7. The van der Waals surface area contributed by atoms with Crippen molar-refractivity contribution in [2.45, 2.75) is 52.4 Å². The van der Waals surface area contributed by atoms with Gasteiger partial charge in [0.15, 0.2) is 11.5 Å². The monoisotopic (exact) mass is 305 g/mol. The number of hydrogen-bond donors (Lipinski definition) is 1. The minimum Gasteiger partial charge on any atom is -0.454 e. The SMILES string of the molecule is CC(C)CNC(=O)CCCCCCc1ccc2c(c1)OCO2. The zero-order valence-electron chi connectivity index (χ0n) is 13.7. The van der Waals surface area contributed by atoms with Gasteiger partial charge in [0.05, 0.1) is 0 Å². The first-order chi connectivity index (χ1) is 10.6. The summed E-state index contributed by atoms with van der Waals surface area (Å²) in [4.78, 5) is 11.6. The lowest BCUT2D eigenvalue weighted by atomic mass is 10.0. The molecule has 0 saturated carbocycles. The van der Waals surface area contributed by atoms with Crippen molar-refractivity contribution in [3.8, 4) is 11.5 Å².